The van der Waals surface area contributed by atoms with Gasteiger partial charge in [-0.05, 0) is 59.3 Å². The molecule has 0 aliphatic carbocycles. The van der Waals surface area contributed by atoms with E-state index in [1.165, 1.54) is 57.8 Å². The van der Waals surface area contributed by atoms with E-state index in [0.29, 0.717) is 18.1 Å². The Balaban J connectivity index is 0.000000429. The first-order valence-electron chi connectivity index (χ1n) is 11.1. The van der Waals surface area contributed by atoms with E-state index in [0.717, 1.165) is 32.6 Å². The van der Waals surface area contributed by atoms with Crippen molar-refractivity contribution in [2.75, 3.05) is 19.6 Å². The predicted molar refractivity (Wildman–Crippen MR) is 153 cm³/mol. The Bertz CT molecular complexity index is 489. The fourth-order valence-electron chi connectivity index (χ4n) is 4.15. The monoisotopic (exact) mass is 581 g/mol. The minimum absolute atomic E-state index is 0. The normalized spacial score (nSPS) is 27.5. The maximum Gasteiger partial charge on any atom is 3.00 e. The minimum atomic E-state index is 0. The topological polar surface area (TPSA) is 9.72 Å². The molecule has 3 aliphatic heterocycles. The first-order valence-corrected chi connectivity index (χ1v) is 13.7. The molecule has 3 nitrogen and oxygen atoms in total. The fraction of sp³-hybridized carbons (Fsp3) is 0.857. The predicted octanol–water partition coefficient (Wildman–Crippen LogP) is 2.32. The molecule has 0 N–H and O–H groups in total. The molecule has 0 spiro atoms. The molecule has 179 valence electrons. The Labute approximate surface area is 233 Å². The zero-order chi connectivity index (χ0) is 22.7. The van der Waals surface area contributed by atoms with Gasteiger partial charge in [-0.25, -0.2) is 14.7 Å². The molecule has 3 fully saturated rings. The van der Waals surface area contributed by atoms with Gasteiger partial charge in [0.2, 0.25) is 0 Å². The summed E-state index contributed by atoms with van der Waals surface area (Å²) in [7, 11) is 0. The average molecular weight is 582 g/mol. The molecule has 3 saturated heterocycles. The molecule has 3 rings (SSSR count). The zero-order valence-electron chi connectivity index (χ0n) is 19.0. The number of rotatable bonds is 0. The van der Waals surface area contributed by atoms with Gasteiger partial charge in [-0.3, -0.25) is 0 Å². The summed E-state index contributed by atoms with van der Waals surface area (Å²) in [5, 5.41) is 0. The van der Waals surface area contributed by atoms with Gasteiger partial charge in [0.25, 0.3) is 0 Å². The van der Waals surface area contributed by atoms with Crippen LogP contribution in [0.1, 0.15) is 78.6 Å². The third-order valence-corrected chi connectivity index (χ3v) is 7.62. The van der Waals surface area contributed by atoms with E-state index in [1.807, 2.05) is 0 Å². The first kappa shape index (κ1) is 32.7. The molecule has 0 aromatic rings. The number of piperidine rings is 3. The number of thiol groups is 3. The van der Waals surface area contributed by atoms with E-state index in [4.69, 9.17) is 37.9 Å². The van der Waals surface area contributed by atoms with Crippen molar-refractivity contribution in [1.82, 2.24) is 14.7 Å². The molecule has 31 heavy (non-hydrogen) atoms. The Kier molecular flexibility index (Phi) is 19.1. The Morgan fingerprint density at radius 3 is 0.903 bits per heavy atom. The smallest absolute Gasteiger partial charge is 0.680 e. The van der Waals surface area contributed by atoms with Gasteiger partial charge < -0.3 is 37.9 Å². The molecular weight excluding hydrogens is 542 g/mol. The maximum atomic E-state index is 4.98. The summed E-state index contributed by atoms with van der Waals surface area (Å²) in [5.41, 5.74) is 0. The number of nitrogens with zero attached hydrogens (tertiary/aromatic N) is 3. The standard InChI is InChI=1S/3C7H13NS2.Fe/c3*1-6-4-2-3-5-8(6)7(9)10;/h3*6H,2-5H2,1H3,(H,9,10);/q;;;+3. The van der Waals surface area contributed by atoms with E-state index >= 15 is 0 Å². The van der Waals surface area contributed by atoms with Crippen molar-refractivity contribution in [2.45, 2.75) is 96.7 Å². The van der Waals surface area contributed by atoms with Crippen LogP contribution in [0.3, 0.4) is 0 Å². The van der Waals surface area contributed by atoms with Crippen LogP contribution < -0.4 is 0 Å². The Morgan fingerprint density at radius 1 is 0.548 bits per heavy atom. The summed E-state index contributed by atoms with van der Waals surface area (Å²) < 4.78 is 2.27. The second kappa shape index (κ2) is 18.1. The first-order chi connectivity index (χ1) is 14.1. The van der Waals surface area contributed by atoms with Crippen LogP contribution in [0.25, 0.3) is 0 Å². The van der Waals surface area contributed by atoms with Gasteiger partial charge in [0.15, 0.2) is 0 Å². The van der Waals surface area contributed by atoms with Gasteiger partial charge in [-0.1, -0.05) is 19.3 Å². The van der Waals surface area contributed by atoms with E-state index in [-0.39, 0.29) is 17.1 Å². The molecule has 3 atom stereocenters. The maximum absolute atomic E-state index is 4.98. The molecule has 0 bridgehead atoms. The quantitative estimate of drug-likeness (QED) is 0.142. The van der Waals surface area contributed by atoms with Crippen LogP contribution >= 0.6 is 0 Å². The van der Waals surface area contributed by atoms with Crippen molar-refractivity contribution >= 4 is 87.5 Å². The van der Waals surface area contributed by atoms with Crippen LogP contribution in [0, 0.1) is 0 Å². The molecule has 1 radical (unpaired) electrons. The van der Waals surface area contributed by atoms with Crippen LogP contribution in [-0.2, 0) is 91.6 Å². The molecule has 3 aliphatic rings. The summed E-state index contributed by atoms with van der Waals surface area (Å²) in [6, 6.07) is 1.83. The van der Waals surface area contributed by atoms with E-state index in [1.54, 1.807) is 0 Å². The number of hydrogen-bond acceptors (Lipinski definition) is 3. The largest absolute Gasteiger partial charge is 3.00 e. The summed E-state index contributed by atoms with van der Waals surface area (Å²) in [4.78, 5) is 6.59. The number of likely N-dealkylation sites (tertiary alicyclic amines) is 3. The second-order valence-electron chi connectivity index (χ2n) is 8.46. The third kappa shape index (κ3) is 12.8. The van der Waals surface area contributed by atoms with E-state index < -0.39 is 0 Å². The molecular formula is C21H39FeN3S6+3. The third-order valence-electron chi connectivity index (χ3n) is 6.15. The van der Waals surface area contributed by atoms with Gasteiger partial charge in [-0.15, -0.1) is 0 Å². The molecule has 0 aromatic heterocycles. The Morgan fingerprint density at radius 2 is 0.774 bits per heavy atom. The molecule has 3 unspecified atom stereocenters. The van der Waals surface area contributed by atoms with Gasteiger partial charge in [0.05, 0.1) is 0 Å². The van der Waals surface area contributed by atoms with Crippen molar-refractivity contribution < 1.29 is 17.1 Å². The Hall–Kier alpha value is 1.72. The minimum Gasteiger partial charge on any atom is -0.680 e. The van der Waals surface area contributed by atoms with Crippen LogP contribution in [-0.4, -0.2) is 65.4 Å². The molecule has 0 aromatic carbocycles. The van der Waals surface area contributed by atoms with Crippen molar-refractivity contribution in [2.24, 2.45) is 0 Å². The number of hydrogen-bond donors (Lipinski definition) is 0. The summed E-state index contributed by atoms with van der Waals surface area (Å²) in [6.07, 6.45) is 11.6. The molecule has 0 saturated carbocycles. The summed E-state index contributed by atoms with van der Waals surface area (Å²) >= 11 is 27.4. The van der Waals surface area contributed by atoms with Gasteiger partial charge >= 0.3 is 17.1 Å². The van der Waals surface area contributed by atoms with Crippen LogP contribution in [0.5, 0.6) is 0 Å². The van der Waals surface area contributed by atoms with Crippen LogP contribution in [0.15, 0.2) is 0 Å². The SMILES string of the molecule is CC1CCCCN1C([S-])=[SH+].CC1CCCCN1C([S-])=[SH+].CC1CCCCN1C([S-])=[SH+].[Fe+3]. The van der Waals surface area contributed by atoms with Crippen molar-refractivity contribution in [1.29, 1.82) is 0 Å². The van der Waals surface area contributed by atoms with Crippen molar-refractivity contribution in [3.63, 3.8) is 0 Å². The van der Waals surface area contributed by atoms with Crippen LogP contribution in [0.4, 0.5) is 0 Å². The molecule has 0 amide bonds. The van der Waals surface area contributed by atoms with Crippen LogP contribution in [0.2, 0.25) is 0 Å². The van der Waals surface area contributed by atoms with Crippen molar-refractivity contribution in [3.05, 3.63) is 0 Å². The van der Waals surface area contributed by atoms with Gasteiger partial charge in [-0.2, -0.15) is 0 Å². The van der Waals surface area contributed by atoms with Crippen molar-refractivity contribution in [3.8, 4) is 0 Å². The van der Waals surface area contributed by atoms with E-state index in [9.17, 15) is 0 Å². The van der Waals surface area contributed by atoms with E-state index in [2.05, 4.69) is 72.1 Å². The molecule has 3 heterocycles. The van der Waals surface area contributed by atoms with Gasteiger partial charge in [0, 0.05) is 37.8 Å². The fourth-order valence-corrected chi connectivity index (χ4v) is 5.85. The zero-order valence-corrected chi connectivity index (χ0v) is 25.2. The average Bonchev–Trinajstić information content (AvgIpc) is 2.69. The summed E-state index contributed by atoms with van der Waals surface area (Å²) in [5.74, 6) is 0. The summed E-state index contributed by atoms with van der Waals surface area (Å²) in [6.45, 7) is 9.93. The van der Waals surface area contributed by atoms with Gasteiger partial charge in [0.1, 0.15) is 49.6 Å². The molecule has 10 heteroatoms. The second-order valence-corrected chi connectivity index (χ2v) is 11.8.